The van der Waals surface area contributed by atoms with Crippen LogP contribution in [-0.2, 0) is 19.9 Å². The molecule has 0 aliphatic heterocycles. The van der Waals surface area contributed by atoms with E-state index in [9.17, 15) is 4.39 Å². The van der Waals surface area contributed by atoms with E-state index in [0.29, 0.717) is 0 Å². The minimum atomic E-state index is -0.197. The van der Waals surface area contributed by atoms with Gasteiger partial charge < -0.3 is 5.32 Å². The van der Waals surface area contributed by atoms with Gasteiger partial charge in [0.05, 0.1) is 5.69 Å². The van der Waals surface area contributed by atoms with E-state index in [-0.39, 0.29) is 11.9 Å². The summed E-state index contributed by atoms with van der Waals surface area (Å²) in [6.07, 6.45) is 3.60. The molecule has 0 radical (unpaired) electrons. The van der Waals surface area contributed by atoms with Crippen molar-refractivity contribution in [3.05, 3.63) is 47.5 Å². The summed E-state index contributed by atoms with van der Waals surface area (Å²) < 4.78 is 14.6. The zero-order valence-corrected chi connectivity index (χ0v) is 11.3. The summed E-state index contributed by atoms with van der Waals surface area (Å²) in [6, 6.07) is 6.95. The molecule has 102 valence electrons. The topological polar surface area (TPSA) is 42.7 Å². The van der Waals surface area contributed by atoms with Crippen LogP contribution in [0.5, 0.6) is 0 Å². The highest BCUT2D eigenvalue weighted by Crippen LogP contribution is 2.09. The fraction of sp³-hybridized carbons (Fsp3) is 0.429. The van der Waals surface area contributed by atoms with Crippen molar-refractivity contribution in [1.82, 2.24) is 20.3 Å². The molecule has 1 N–H and O–H groups in total. The van der Waals surface area contributed by atoms with Gasteiger partial charge in [-0.05, 0) is 30.7 Å². The smallest absolute Gasteiger partial charge is 0.123 e. The second kappa shape index (κ2) is 6.43. The first-order valence-electron chi connectivity index (χ1n) is 6.50. The quantitative estimate of drug-likeness (QED) is 0.862. The maximum Gasteiger partial charge on any atom is 0.123 e. The number of likely N-dealkylation sites (N-methyl/N-ethyl adjacent to an activating group) is 1. The number of halogens is 1. The first-order valence-corrected chi connectivity index (χ1v) is 6.50. The van der Waals surface area contributed by atoms with Crippen molar-refractivity contribution in [2.45, 2.75) is 25.8 Å². The van der Waals surface area contributed by atoms with E-state index in [1.165, 1.54) is 12.1 Å². The van der Waals surface area contributed by atoms with E-state index in [4.69, 9.17) is 0 Å². The lowest BCUT2D eigenvalue weighted by molar-refractivity contribution is 0.515. The molecule has 0 bridgehead atoms. The Labute approximate surface area is 112 Å². The minimum absolute atomic E-state index is 0.197. The lowest BCUT2D eigenvalue weighted by atomic mass is 10.0. The standard InChI is InChI=1S/C14H19FN4/c1-3-16-13(9-14-10-19(2)18-17-14)8-11-4-6-12(15)7-5-11/h4-7,10,13,16H,3,8-9H2,1-2H3. The Kier molecular flexibility index (Phi) is 4.63. The zero-order chi connectivity index (χ0) is 13.7. The fourth-order valence-electron chi connectivity index (χ4n) is 2.15. The van der Waals surface area contributed by atoms with Crippen LogP contribution in [0, 0.1) is 5.82 Å². The second-order valence-electron chi connectivity index (χ2n) is 4.67. The maximum atomic E-state index is 12.9. The summed E-state index contributed by atoms with van der Waals surface area (Å²) >= 11 is 0. The number of hydrogen-bond donors (Lipinski definition) is 1. The molecule has 1 unspecified atom stereocenters. The number of hydrogen-bond acceptors (Lipinski definition) is 3. The Bertz CT molecular complexity index is 506. The Balaban J connectivity index is 2.01. The molecule has 0 saturated carbocycles. The number of aryl methyl sites for hydroxylation is 1. The third-order valence-corrected chi connectivity index (χ3v) is 2.99. The molecule has 2 rings (SSSR count). The summed E-state index contributed by atoms with van der Waals surface area (Å²) in [5.74, 6) is -0.197. The van der Waals surface area contributed by atoms with Crippen LogP contribution >= 0.6 is 0 Å². The molecular weight excluding hydrogens is 243 g/mol. The molecule has 1 aromatic heterocycles. The summed E-state index contributed by atoms with van der Waals surface area (Å²) in [7, 11) is 1.86. The Hall–Kier alpha value is -1.75. The SMILES string of the molecule is CCNC(Cc1ccc(F)cc1)Cc1cn(C)nn1. The van der Waals surface area contributed by atoms with E-state index in [1.54, 1.807) is 4.68 Å². The lowest BCUT2D eigenvalue weighted by Crippen LogP contribution is -2.33. The van der Waals surface area contributed by atoms with Gasteiger partial charge in [0.15, 0.2) is 0 Å². The average molecular weight is 262 g/mol. The lowest BCUT2D eigenvalue weighted by Gasteiger charge is -2.16. The van der Waals surface area contributed by atoms with Crippen molar-refractivity contribution in [3.8, 4) is 0 Å². The van der Waals surface area contributed by atoms with Gasteiger partial charge in [-0.15, -0.1) is 5.10 Å². The minimum Gasteiger partial charge on any atom is -0.314 e. The number of rotatable bonds is 6. The highest BCUT2D eigenvalue weighted by molar-refractivity contribution is 5.17. The maximum absolute atomic E-state index is 12.9. The van der Waals surface area contributed by atoms with Crippen LogP contribution in [0.1, 0.15) is 18.2 Å². The fourth-order valence-corrected chi connectivity index (χ4v) is 2.15. The van der Waals surface area contributed by atoms with E-state index < -0.39 is 0 Å². The highest BCUT2D eigenvalue weighted by Gasteiger charge is 2.11. The van der Waals surface area contributed by atoms with Crippen LogP contribution in [0.15, 0.2) is 30.5 Å². The largest absolute Gasteiger partial charge is 0.314 e. The molecule has 0 aliphatic rings. The molecule has 4 nitrogen and oxygen atoms in total. The van der Waals surface area contributed by atoms with E-state index >= 15 is 0 Å². The van der Waals surface area contributed by atoms with Gasteiger partial charge in [-0.1, -0.05) is 24.3 Å². The van der Waals surface area contributed by atoms with Crippen LogP contribution in [0.25, 0.3) is 0 Å². The first-order chi connectivity index (χ1) is 9.17. The van der Waals surface area contributed by atoms with Crippen LogP contribution in [0.4, 0.5) is 4.39 Å². The molecule has 19 heavy (non-hydrogen) atoms. The summed E-state index contributed by atoms with van der Waals surface area (Å²) in [5, 5.41) is 11.5. The van der Waals surface area contributed by atoms with Gasteiger partial charge in [0.1, 0.15) is 5.82 Å². The highest BCUT2D eigenvalue weighted by atomic mass is 19.1. The normalized spacial score (nSPS) is 12.6. The van der Waals surface area contributed by atoms with E-state index in [0.717, 1.165) is 30.6 Å². The monoisotopic (exact) mass is 262 g/mol. The molecule has 0 amide bonds. The van der Waals surface area contributed by atoms with Crippen LogP contribution in [-0.4, -0.2) is 27.6 Å². The van der Waals surface area contributed by atoms with Gasteiger partial charge >= 0.3 is 0 Å². The van der Waals surface area contributed by atoms with Gasteiger partial charge in [-0.25, -0.2) is 4.39 Å². The van der Waals surface area contributed by atoms with Crippen LogP contribution < -0.4 is 5.32 Å². The van der Waals surface area contributed by atoms with Crippen LogP contribution in [0.2, 0.25) is 0 Å². The predicted octanol–water partition coefficient (Wildman–Crippen LogP) is 1.72. The molecule has 0 saturated heterocycles. The molecule has 1 aromatic carbocycles. The van der Waals surface area contributed by atoms with Gasteiger partial charge in [0, 0.05) is 25.7 Å². The number of aromatic nitrogens is 3. The Morgan fingerprint density at radius 1 is 1.26 bits per heavy atom. The number of benzene rings is 1. The molecule has 0 aliphatic carbocycles. The summed E-state index contributed by atoms with van der Waals surface area (Å²) in [6.45, 7) is 2.97. The van der Waals surface area contributed by atoms with E-state index in [1.807, 2.05) is 25.4 Å². The van der Waals surface area contributed by atoms with Gasteiger partial charge in [-0.3, -0.25) is 4.68 Å². The number of nitrogens with zero attached hydrogens (tertiary/aromatic N) is 3. The zero-order valence-electron chi connectivity index (χ0n) is 11.3. The van der Waals surface area contributed by atoms with Gasteiger partial charge in [-0.2, -0.15) is 0 Å². The van der Waals surface area contributed by atoms with Crippen molar-refractivity contribution in [2.24, 2.45) is 7.05 Å². The average Bonchev–Trinajstić information content (AvgIpc) is 2.78. The van der Waals surface area contributed by atoms with Crippen molar-refractivity contribution < 1.29 is 4.39 Å². The Morgan fingerprint density at radius 2 is 2.00 bits per heavy atom. The second-order valence-corrected chi connectivity index (χ2v) is 4.67. The van der Waals surface area contributed by atoms with Crippen molar-refractivity contribution in [2.75, 3.05) is 6.54 Å². The molecular formula is C14H19FN4. The molecule has 1 heterocycles. The molecule has 5 heteroatoms. The molecule has 1 atom stereocenters. The Morgan fingerprint density at radius 3 is 2.58 bits per heavy atom. The summed E-state index contributed by atoms with van der Waals surface area (Å²) in [5.41, 5.74) is 2.09. The predicted molar refractivity (Wildman–Crippen MR) is 72.3 cm³/mol. The summed E-state index contributed by atoms with van der Waals surface area (Å²) in [4.78, 5) is 0. The molecule has 2 aromatic rings. The van der Waals surface area contributed by atoms with Crippen molar-refractivity contribution in [3.63, 3.8) is 0 Å². The van der Waals surface area contributed by atoms with Crippen molar-refractivity contribution in [1.29, 1.82) is 0 Å². The van der Waals surface area contributed by atoms with Crippen molar-refractivity contribution >= 4 is 0 Å². The first kappa shape index (κ1) is 13.7. The third kappa shape index (κ3) is 4.13. The third-order valence-electron chi connectivity index (χ3n) is 2.99. The molecule has 0 spiro atoms. The van der Waals surface area contributed by atoms with E-state index in [2.05, 4.69) is 22.6 Å². The number of nitrogens with one attached hydrogen (secondary N) is 1. The van der Waals surface area contributed by atoms with Gasteiger partial charge in [0.25, 0.3) is 0 Å². The van der Waals surface area contributed by atoms with Gasteiger partial charge in [0.2, 0.25) is 0 Å². The van der Waals surface area contributed by atoms with Crippen LogP contribution in [0.3, 0.4) is 0 Å². The molecule has 0 fully saturated rings.